The first-order chi connectivity index (χ1) is 15.9. The molecule has 3 aromatic rings. The quantitative estimate of drug-likeness (QED) is 0.122. The van der Waals surface area contributed by atoms with Gasteiger partial charge in [-0.15, -0.1) is 0 Å². The summed E-state index contributed by atoms with van der Waals surface area (Å²) >= 11 is 0. The summed E-state index contributed by atoms with van der Waals surface area (Å²) in [6, 6.07) is 20.3. The van der Waals surface area contributed by atoms with Crippen molar-refractivity contribution < 1.29 is 27.8 Å². The highest BCUT2D eigenvalue weighted by molar-refractivity contribution is 7.85. The topological polar surface area (TPSA) is 174 Å². The highest BCUT2D eigenvalue weighted by Gasteiger charge is 2.19. The van der Waals surface area contributed by atoms with E-state index in [0.717, 1.165) is 0 Å². The lowest BCUT2D eigenvalue weighted by Crippen LogP contribution is -2.23. The van der Waals surface area contributed by atoms with Gasteiger partial charge in [-0.05, 0) is 47.5 Å². The number of nitrogens with one attached hydrogen (secondary N) is 2. The van der Waals surface area contributed by atoms with E-state index in [4.69, 9.17) is 15.7 Å². The number of benzene rings is 3. The molecular weight excluding hydrogens is 460 g/mol. The van der Waals surface area contributed by atoms with E-state index >= 15 is 0 Å². The number of nitrogen functional groups attached to an aromatic ring is 1. The van der Waals surface area contributed by atoms with Gasteiger partial charge in [0, 0.05) is 29.4 Å². The van der Waals surface area contributed by atoms with Crippen molar-refractivity contribution in [1.29, 1.82) is 5.41 Å². The van der Waals surface area contributed by atoms with Gasteiger partial charge in [0.05, 0.1) is 6.26 Å². The minimum absolute atomic E-state index is 0.0525. The summed E-state index contributed by atoms with van der Waals surface area (Å²) in [5.41, 5.74) is 8.32. The molecule has 0 saturated heterocycles. The molecular formula is C23H24N4O6S. The highest BCUT2D eigenvalue weighted by Crippen LogP contribution is 2.28. The lowest BCUT2D eigenvalue weighted by Gasteiger charge is -2.15. The molecule has 0 fully saturated rings. The van der Waals surface area contributed by atoms with Crippen LogP contribution in [0.15, 0.2) is 72.8 Å². The molecule has 0 aliphatic rings. The number of hydroxylamine groups is 2. The van der Waals surface area contributed by atoms with Gasteiger partial charge in [0.2, 0.25) is 0 Å². The van der Waals surface area contributed by atoms with Crippen LogP contribution in [0.5, 0.6) is 0 Å². The molecule has 10 nitrogen and oxygen atoms in total. The lowest BCUT2D eigenvalue weighted by atomic mass is 9.94. The summed E-state index contributed by atoms with van der Waals surface area (Å²) in [5.74, 6) is -0.977. The third-order valence-electron chi connectivity index (χ3n) is 4.37. The van der Waals surface area contributed by atoms with Gasteiger partial charge in [0.15, 0.2) is 0 Å². The largest absolute Gasteiger partial charge is 0.384 e. The fraction of sp³-hybridized carbons (Fsp3) is 0.0870. The number of nitrogens with two attached hydrogens (primary N) is 1. The van der Waals surface area contributed by atoms with Gasteiger partial charge in [-0.3, -0.25) is 24.8 Å². The minimum Gasteiger partial charge on any atom is -0.384 e. The first-order valence-corrected chi connectivity index (χ1v) is 11.6. The van der Waals surface area contributed by atoms with Gasteiger partial charge >= 0.3 is 0 Å². The molecule has 6 N–H and O–H groups in total. The second-order valence-corrected chi connectivity index (χ2v) is 8.56. The monoisotopic (exact) mass is 484 g/mol. The minimum atomic E-state index is -3.67. The number of nitrogens with zero attached hydrogens (tertiary/aromatic N) is 1. The molecule has 0 aromatic heterocycles. The number of hydrogen-bond acceptors (Lipinski definition) is 6. The normalized spacial score (nSPS) is 10.5. The van der Waals surface area contributed by atoms with Gasteiger partial charge < -0.3 is 11.1 Å². The molecule has 0 aliphatic carbocycles. The van der Waals surface area contributed by atoms with Crippen LogP contribution in [0.25, 0.3) is 11.1 Å². The van der Waals surface area contributed by atoms with E-state index < -0.39 is 16.0 Å². The molecule has 178 valence electrons. The van der Waals surface area contributed by atoms with Crippen molar-refractivity contribution in [3.63, 3.8) is 0 Å². The summed E-state index contributed by atoms with van der Waals surface area (Å²) in [5, 5.41) is 20.3. The second kappa shape index (κ2) is 11.2. The predicted molar refractivity (Wildman–Crippen MR) is 129 cm³/mol. The SMILES string of the molecule is CN(O)C(=O)c1ccccc1-c1ccccc1C(=O)Nc1ccc(C(=N)N)cc1.CS(=O)(=O)O. The van der Waals surface area contributed by atoms with Crippen LogP contribution in [0, 0.1) is 5.41 Å². The van der Waals surface area contributed by atoms with Crippen molar-refractivity contribution in [2.75, 3.05) is 18.6 Å². The second-order valence-electron chi connectivity index (χ2n) is 7.10. The Labute approximate surface area is 196 Å². The fourth-order valence-corrected chi connectivity index (χ4v) is 2.93. The molecule has 0 saturated carbocycles. The third-order valence-corrected chi connectivity index (χ3v) is 4.37. The molecule has 0 bridgehead atoms. The third kappa shape index (κ3) is 7.52. The zero-order chi connectivity index (χ0) is 25.5. The predicted octanol–water partition coefficient (Wildman–Crippen LogP) is 2.86. The van der Waals surface area contributed by atoms with Crippen LogP contribution in [0.2, 0.25) is 0 Å². The summed E-state index contributed by atoms with van der Waals surface area (Å²) in [6.45, 7) is 0. The Bertz CT molecular complexity index is 1300. The number of carbonyl (C=O) groups is 2. The maximum Gasteiger partial charge on any atom is 0.277 e. The highest BCUT2D eigenvalue weighted by atomic mass is 32.2. The van der Waals surface area contributed by atoms with E-state index in [1.165, 1.54) is 7.05 Å². The van der Waals surface area contributed by atoms with Crippen LogP contribution in [0.3, 0.4) is 0 Å². The number of hydrogen-bond donors (Lipinski definition) is 5. The molecule has 0 aliphatic heterocycles. The maximum absolute atomic E-state index is 12.9. The van der Waals surface area contributed by atoms with E-state index in [2.05, 4.69) is 5.32 Å². The van der Waals surface area contributed by atoms with Crippen molar-refractivity contribution in [1.82, 2.24) is 5.06 Å². The zero-order valence-corrected chi connectivity index (χ0v) is 19.2. The Morgan fingerprint density at radius 2 is 1.35 bits per heavy atom. The Morgan fingerprint density at radius 1 is 0.912 bits per heavy atom. The lowest BCUT2D eigenvalue weighted by molar-refractivity contribution is -0.0374. The maximum atomic E-state index is 12.9. The summed E-state index contributed by atoms with van der Waals surface area (Å²) in [7, 11) is -2.41. The van der Waals surface area contributed by atoms with Crippen molar-refractivity contribution in [3.05, 3.63) is 89.5 Å². The van der Waals surface area contributed by atoms with E-state index in [-0.39, 0.29) is 17.3 Å². The van der Waals surface area contributed by atoms with E-state index in [9.17, 15) is 23.2 Å². The number of carbonyl (C=O) groups excluding carboxylic acids is 2. The smallest absolute Gasteiger partial charge is 0.277 e. The number of anilines is 1. The molecule has 3 rings (SSSR count). The standard InChI is InChI=1S/C22H20N4O3.CH4O3S/c1-26(29)22(28)19-9-5-3-7-17(19)16-6-2-4-8-18(16)21(27)25-15-12-10-14(11-13-15)20(23)24;1-5(2,3)4/h2-13,29H,1H3,(H3,23,24)(H,25,27);1H3,(H,2,3,4). The van der Waals surface area contributed by atoms with E-state index in [1.54, 1.807) is 72.8 Å². The van der Waals surface area contributed by atoms with Crippen LogP contribution in [0.1, 0.15) is 26.3 Å². The van der Waals surface area contributed by atoms with Crippen LogP contribution < -0.4 is 11.1 Å². The van der Waals surface area contributed by atoms with E-state index in [1.807, 2.05) is 0 Å². The molecule has 0 spiro atoms. The number of rotatable bonds is 5. The van der Waals surface area contributed by atoms with Gasteiger partial charge in [-0.1, -0.05) is 36.4 Å². The Balaban J connectivity index is 0.000000739. The molecule has 0 atom stereocenters. The first-order valence-electron chi connectivity index (χ1n) is 9.72. The molecule has 0 heterocycles. The summed E-state index contributed by atoms with van der Waals surface area (Å²) in [4.78, 5) is 25.3. The number of amidine groups is 1. The van der Waals surface area contributed by atoms with Crippen LogP contribution in [0.4, 0.5) is 5.69 Å². The van der Waals surface area contributed by atoms with Crippen LogP contribution in [-0.2, 0) is 10.1 Å². The van der Waals surface area contributed by atoms with Crippen molar-refractivity contribution >= 4 is 33.5 Å². The molecule has 0 unspecified atom stereocenters. The van der Waals surface area contributed by atoms with Gasteiger partial charge in [0.1, 0.15) is 5.84 Å². The fourth-order valence-electron chi connectivity index (χ4n) is 2.93. The summed E-state index contributed by atoms with van der Waals surface area (Å²) < 4.78 is 25.9. The van der Waals surface area contributed by atoms with Crippen molar-refractivity contribution in [3.8, 4) is 11.1 Å². The average Bonchev–Trinajstić information content (AvgIpc) is 2.77. The average molecular weight is 485 g/mol. The molecule has 34 heavy (non-hydrogen) atoms. The zero-order valence-electron chi connectivity index (χ0n) is 18.4. The molecule has 0 radical (unpaired) electrons. The van der Waals surface area contributed by atoms with Crippen LogP contribution in [-0.4, -0.2) is 54.2 Å². The molecule has 3 aromatic carbocycles. The van der Waals surface area contributed by atoms with E-state index in [0.29, 0.717) is 39.3 Å². The van der Waals surface area contributed by atoms with Gasteiger partial charge in [0.25, 0.3) is 21.9 Å². The van der Waals surface area contributed by atoms with Crippen LogP contribution >= 0.6 is 0 Å². The molecule has 11 heteroatoms. The Hall–Kier alpha value is -4.06. The van der Waals surface area contributed by atoms with Crippen molar-refractivity contribution in [2.45, 2.75) is 0 Å². The Kier molecular flexibility index (Phi) is 8.62. The first kappa shape index (κ1) is 26.2. The van der Waals surface area contributed by atoms with Crippen molar-refractivity contribution in [2.24, 2.45) is 5.73 Å². The number of amides is 2. The summed E-state index contributed by atoms with van der Waals surface area (Å²) in [6.07, 6.45) is 0.715. The Morgan fingerprint density at radius 3 is 1.82 bits per heavy atom. The molecule has 2 amide bonds. The van der Waals surface area contributed by atoms with Gasteiger partial charge in [-0.2, -0.15) is 8.42 Å². The van der Waals surface area contributed by atoms with Gasteiger partial charge in [-0.25, -0.2) is 5.06 Å².